The molecule has 1 amide bonds. The first kappa shape index (κ1) is 24.4. The monoisotopic (exact) mass is 479 g/mol. The van der Waals surface area contributed by atoms with Crippen LogP contribution in [0.1, 0.15) is 23.0 Å². The number of nitrogens with zero attached hydrogens (tertiary/aromatic N) is 2. The number of hydrogen-bond donors (Lipinski definition) is 1. The lowest BCUT2D eigenvalue weighted by molar-refractivity contribution is -0.137. The van der Waals surface area contributed by atoms with Crippen molar-refractivity contribution in [3.8, 4) is 11.4 Å². The predicted molar refractivity (Wildman–Crippen MR) is 111 cm³/mol. The number of alkyl halides is 3. The average molecular weight is 479 g/mol. The molecule has 12 heteroatoms. The van der Waals surface area contributed by atoms with Crippen molar-refractivity contribution in [3.05, 3.63) is 82.0 Å². The van der Waals surface area contributed by atoms with Crippen LogP contribution in [0.25, 0.3) is 5.69 Å². The first-order valence-electron chi connectivity index (χ1n) is 9.76. The standard InChI is InChI=1S/C22H17F4N3O5/c1-2-33-21(32)20-17(11-19(31)29(28-20)16-9-5-14(23)6-10-16)34-12-18(30)27-15-7-3-13(4-8-15)22(24,25)26/h3-11H,2,12H2,1H3,(H,27,30). The minimum atomic E-state index is -4.52. The number of carbonyl (C=O) groups is 2. The van der Waals surface area contributed by atoms with Crippen LogP contribution in [0, 0.1) is 5.82 Å². The van der Waals surface area contributed by atoms with Gasteiger partial charge in [0.15, 0.2) is 12.4 Å². The van der Waals surface area contributed by atoms with Crippen molar-refractivity contribution >= 4 is 17.6 Å². The molecule has 1 N–H and O–H groups in total. The van der Waals surface area contributed by atoms with E-state index in [1.54, 1.807) is 6.92 Å². The van der Waals surface area contributed by atoms with E-state index in [1.165, 1.54) is 12.1 Å². The second kappa shape index (κ2) is 10.1. The van der Waals surface area contributed by atoms with Gasteiger partial charge in [0.05, 0.1) is 23.9 Å². The van der Waals surface area contributed by atoms with Crippen LogP contribution in [0.15, 0.2) is 59.4 Å². The molecule has 0 aliphatic rings. The molecule has 0 saturated carbocycles. The van der Waals surface area contributed by atoms with Gasteiger partial charge in [-0.15, -0.1) is 0 Å². The van der Waals surface area contributed by atoms with Crippen molar-refractivity contribution in [1.29, 1.82) is 0 Å². The minimum Gasteiger partial charge on any atom is -0.481 e. The summed E-state index contributed by atoms with van der Waals surface area (Å²) < 4.78 is 62.1. The largest absolute Gasteiger partial charge is 0.481 e. The van der Waals surface area contributed by atoms with E-state index in [0.29, 0.717) is 0 Å². The van der Waals surface area contributed by atoms with Crippen molar-refractivity contribution in [1.82, 2.24) is 9.78 Å². The fraction of sp³-hybridized carbons (Fsp3) is 0.182. The summed E-state index contributed by atoms with van der Waals surface area (Å²) in [5.41, 5.74) is -1.78. The van der Waals surface area contributed by atoms with Gasteiger partial charge in [-0.1, -0.05) is 0 Å². The maximum absolute atomic E-state index is 13.2. The Hall–Kier alpha value is -4.22. The zero-order chi connectivity index (χ0) is 24.9. The highest BCUT2D eigenvalue weighted by molar-refractivity contribution is 5.93. The van der Waals surface area contributed by atoms with Gasteiger partial charge in [-0.2, -0.15) is 23.0 Å². The second-order valence-corrected chi connectivity index (χ2v) is 6.72. The van der Waals surface area contributed by atoms with Crippen LogP contribution in [0.3, 0.4) is 0 Å². The summed E-state index contributed by atoms with van der Waals surface area (Å²) in [6.07, 6.45) is -4.52. The third kappa shape index (κ3) is 5.97. The molecule has 1 aromatic heterocycles. The summed E-state index contributed by atoms with van der Waals surface area (Å²) in [6.45, 7) is 0.852. The molecule has 0 fully saturated rings. The van der Waals surface area contributed by atoms with Crippen molar-refractivity contribution in [2.45, 2.75) is 13.1 Å². The fourth-order valence-electron chi connectivity index (χ4n) is 2.74. The van der Waals surface area contributed by atoms with Crippen LogP contribution in [-0.2, 0) is 15.7 Å². The van der Waals surface area contributed by atoms with Gasteiger partial charge in [-0.3, -0.25) is 9.59 Å². The predicted octanol–water partition coefficient (Wildman–Crippen LogP) is 3.58. The molecule has 0 aliphatic heterocycles. The molecule has 34 heavy (non-hydrogen) atoms. The Morgan fingerprint density at radius 3 is 2.29 bits per heavy atom. The Labute approximate surface area is 189 Å². The van der Waals surface area contributed by atoms with Gasteiger partial charge in [0.2, 0.25) is 5.69 Å². The summed E-state index contributed by atoms with van der Waals surface area (Å²) in [5.74, 6) is -2.58. The van der Waals surface area contributed by atoms with Crippen molar-refractivity contribution in [2.75, 3.05) is 18.5 Å². The van der Waals surface area contributed by atoms with E-state index >= 15 is 0 Å². The van der Waals surface area contributed by atoms with Crippen LogP contribution in [0.4, 0.5) is 23.2 Å². The van der Waals surface area contributed by atoms with Gasteiger partial charge >= 0.3 is 12.1 Å². The number of amides is 1. The smallest absolute Gasteiger partial charge is 0.416 e. The summed E-state index contributed by atoms with van der Waals surface area (Å²) in [4.78, 5) is 37.0. The lowest BCUT2D eigenvalue weighted by Crippen LogP contribution is -2.27. The Morgan fingerprint density at radius 1 is 1.06 bits per heavy atom. The van der Waals surface area contributed by atoms with Crippen LogP contribution >= 0.6 is 0 Å². The number of hydrogen-bond acceptors (Lipinski definition) is 6. The molecule has 0 bridgehead atoms. The SMILES string of the molecule is CCOC(=O)c1nn(-c2ccc(F)cc2)c(=O)cc1OCC(=O)Nc1ccc(C(F)(F)F)cc1. The molecule has 8 nitrogen and oxygen atoms in total. The van der Waals surface area contributed by atoms with E-state index in [4.69, 9.17) is 9.47 Å². The summed E-state index contributed by atoms with van der Waals surface area (Å²) >= 11 is 0. The van der Waals surface area contributed by atoms with Gasteiger partial charge < -0.3 is 14.8 Å². The molecule has 0 spiro atoms. The molecule has 0 saturated heterocycles. The Balaban J connectivity index is 1.79. The van der Waals surface area contributed by atoms with Crippen LogP contribution in [0.5, 0.6) is 5.75 Å². The summed E-state index contributed by atoms with van der Waals surface area (Å²) in [6, 6.07) is 9.39. The molecule has 0 aliphatic carbocycles. The molecular formula is C22H17F4N3O5. The summed E-state index contributed by atoms with van der Waals surface area (Å²) in [5, 5.41) is 6.26. The van der Waals surface area contributed by atoms with Crippen LogP contribution in [0.2, 0.25) is 0 Å². The normalized spacial score (nSPS) is 11.1. The molecular weight excluding hydrogens is 462 g/mol. The molecule has 0 radical (unpaired) electrons. The Kier molecular flexibility index (Phi) is 7.29. The van der Waals surface area contributed by atoms with E-state index < -0.39 is 47.3 Å². The number of carbonyl (C=O) groups excluding carboxylic acids is 2. The number of nitrogens with one attached hydrogen (secondary N) is 1. The molecule has 3 rings (SSSR count). The maximum Gasteiger partial charge on any atom is 0.416 e. The number of esters is 1. The number of anilines is 1. The van der Waals surface area contributed by atoms with E-state index in [-0.39, 0.29) is 23.7 Å². The quantitative estimate of drug-likeness (QED) is 0.411. The first-order valence-corrected chi connectivity index (χ1v) is 9.76. The van der Waals surface area contributed by atoms with E-state index in [9.17, 15) is 31.9 Å². The first-order chi connectivity index (χ1) is 16.1. The number of halogens is 4. The van der Waals surface area contributed by atoms with Crippen LogP contribution < -0.4 is 15.6 Å². The third-order valence-corrected chi connectivity index (χ3v) is 4.29. The topological polar surface area (TPSA) is 99.5 Å². The van der Waals surface area contributed by atoms with E-state index in [0.717, 1.165) is 47.1 Å². The van der Waals surface area contributed by atoms with Crippen molar-refractivity contribution in [3.63, 3.8) is 0 Å². The van der Waals surface area contributed by atoms with Crippen molar-refractivity contribution < 1.29 is 36.6 Å². The van der Waals surface area contributed by atoms with Gasteiger partial charge in [0.1, 0.15) is 5.82 Å². The van der Waals surface area contributed by atoms with Gasteiger partial charge in [0, 0.05) is 5.69 Å². The number of aromatic nitrogens is 2. The van der Waals surface area contributed by atoms with Crippen molar-refractivity contribution in [2.24, 2.45) is 0 Å². The average Bonchev–Trinajstić information content (AvgIpc) is 2.78. The highest BCUT2D eigenvalue weighted by Gasteiger charge is 2.30. The van der Waals surface area contributed by atoms with E-state index in [2.05, 4.69) is 10.4 Å². The lowest BCUT2D eigenvalue weighted by atomic mass is 10.2. The molecule has 178 valence electrons. The zero-order valence-corrected chi connectivity index (χ0v) is 17.6. The highest BCUT2D eigenvalue weighted by atomic mass is 19.4. The van der Waals surface area contributed by atoms with E-state index in [1.807, 2.05) is 0 Å². The summed E-state index contributed by atoms with van der Waals surface area (Å²) in [7, 11) is 0. The fourth-order valence-corrected chi connectivity index (χ4v) is 2.74. The Bertz CT molecular complexity index is 1240. The van der Waals surface area contributed by atoms with Gasteiger partial charge in [-0.05, 0) is 55.5 Å². The Morgan fingerprint density at radius 2 is 1.71 bits per heavy atom. The minimum absolute atomic E-state index is 0.00989. The highest BCUT2D eigenvalue weighted by Crippen LogP contribution is 2.29. The molecule has 3 aromatic rings. The zero-order valence-electron chi connectivity index (χ0n) is 17.6. The maximum atomic E-state index is 13.2. The molecule has 1 heterocycles. The number of ether oxygens (including phenoxy) is 2. The van der Waals surface area contributed by atoms with Gasteiger partial charge in [-0.25, -0.2) is 9.18 Å². The van der Waals surface area contributed by atoms with Crippen LogP contribution in [-0.4, -0.2) is 34.9 Å². The molecule has 0 unspecified atom stereocenters. The van der Waals surface area contributed by atoms with Gasteiger partial charge in [0.25, 0.3) is 11.5 Å². The lowest BCUT2D eigenvalue weighted by Gasteiger charge is -2.13. The number of rotatable bonds is 7. The molecule has 0 atom stereocenters. The second-order valence-electron chi connectivity index (χ2n) is 6.72. The number of benzene rings is 2. The molecule has 2 aromatic carbocycles. The third-order valence-electron chi connectivity index (χ3n) is 4.29.